The van der Waals surface area contributed by atoms with Crippen molar-refractivity contribution >= 4 is 17.7 Å². The number of nitrogens with zero attached hydrogens (tertiary/aromatic N) is 4. The average Bonchev–Trinajstić information content (AvgIpc) is 2.45. The molecule has 1 amide bonds. The summed E-state index contributed by atoms with van der Waals surface area (Å²) in [6, 6.07) is 1.87. The highest BCUT2D eigenvalue weighted by molar-refractivity contribution is 6.28. The average molecular weight is 355 g/mol. The fraction of sp³-hybridized carbons (Fsp3) is 0.706. The molecule has 1 atom stereocenters. The SMILES string of the molecule is CN(Cc1ccnc(Cl)n1)C[C@H]1CCCN(C(=O)OC(C)(C)C)C1. The van der Waals surface area contributed by atoms with Gasteiger partial charge in [0.2, 0.25) is 5.28 Å². The summed E-state index contributed by atoms with van der Waals surface area (Å²) in [5, 5.41) is 0.273. The molecule has 1 aromatic rings. The first-order chi connectivity index (χ1) is 11.2. The molecule has 0 N–H and O–H groups in total. The molecular weight excluding hydrogens is 328 g/mol. The van der Waals surface area contributed by atoms with E-state index in [1.165, 1.54) is 0 Å². The fourth-order valence-corrected chi connectivity index (χ4v) is 3.11. The van der Waals surface area contributed by atoms with Gasteiger partial charge in [0, 0.05) is 32.4 Å². The number of hydrogen-bond acceptors (Lipinski definition) is 5. The first-order valence-electron chi connectivity index (χ1n) is 8.37. The lowest BCUT2D eigenvalue weighted by molar-refractivity contribution is 0.0147. The molecule has 0 bridgehead atoms. The molecule has 1 fully saturated rings. The lowest BCUT2D eigenvalue weighted by Gasteiger charge is -2.35. The standard InChI is InChI=1S/C17H27ClN4O2/c1-17(2,3)24-16(23)22-9-5-6-13(11-22)10-21(4)12-14-7-8-19-15(18)20-14/h7-8,13H,5-6,9-12H2,1-4H3/t13-/m1/s1. The topological polar surface area (TPSA) is 58.6 Å². The predicted molar refractivity (Wildman–Crippen MR) is 93.9 cm³/mol. The zero-order chi connectivity index (χ0) is 17.7. The Morgan fingerprint density at radius 3 is 2.92 bits per heavy atom. The molecule has 6 nitrogen and oxygen atoms in total. The molecule has 1 aromatic heterocycles. The van der Waals surface area contributed by atoms with E-state index in [1.54, 1.807) is 6.20 Å². The monoisotopic (exact) mass is 354 g/mol. The second kappa shape index (κ2) is 8.12. The molecule has 24 heavy (non-hydrogen) atoms. The Bertz CT molecular complexity index is 562. The maximum absolute atomic E-state index is 12.2. The summed E-state index contributed by atoms with van der Waals surface area (Å²) in [7, 11) is 2.06. The molecule has 7 heteroatoms. The van der Waals surface area contributed by atoms with Crippen molar-refractivity contribution in [2.24, 2.45) is 5.92 Å². The van der Waals surface area contributed by atoms with Gasteiger partial charge >= 0.3 is 6.09 Å². The van der Waals surface area contributed by atoms with Gasteiger partial charge in [0.1, 0.15) is 5.60 Å². The summed E-state index contributed by atoms with van der Waals surface area (Å²) < 4.78 is 5.48. The minimum atomic E-state index is -0.451. The third-order valence-electron chi connectivity index (χ3n) is 3.86. The van der Waals surface area contributed by atoms with Crippen molar-refractivity contribution in [3.05, 3.63) is 23.2 Å². The van der Waals surface area contributed by atoms with Gasteiger partial charge in [-0.1, -0.05) is 0 Å². The van der Waals surface area contributed by atoms with Gasteiger partial charge in [0.15, 0.2) is 0 Å². The normalized spacial score (nSPS) is 18.8. The van der Waals surface area contributed by atoms with Crippen molar-refractivity contribution in [2.75, 3.05) is 26.7 Å². The lowest BCUT2D eigenvalue weighted by atomic mass is 9.98. The first kappa shape index (κ1) is 18.9. The van der Waals surface area contributed by atoms with Gasteiger partial charge in [-0.05, 0) is 64.2 Å². The van der Waals surface area contributed by atoms with Crippen molar-refractivity contribution < 1.29 is 9.53 Å². The second-order valence-corrected chi connectivity index (χ2v) is 7.79. The number of likely N-dealkylation sites (tertiary alicyclic amines) is 1. The van der Waals surface area contributed by atoms with Crippen LogP contribution in [-0.4, -0.2) is 58.1 Å². The number of rotatable bonds is 4. The number of aromatic nitrogens is 2. The molecular formula is C17H27ClN4O2. The maximum atomic E-state index is 12.2. The molecule has 1 saturated heterocycles. The Hall–Kier alpha value is -1.40. The van der Waals surface area contributed by atoms with E-state index in [0.29, 0.717) is 12.5 Å². The number of amides is 1. The Morgan fingerprint density at radius 1 is 1.50 bits per heavy atom. The van der Waals surface area contributed by atoms with Crippen LogP contribution in [0.15, 0.2) is 12.3 Å². The van der Waals surface area contributed by atoms with Crippen LogP contribution in [0.1, 0.15) is 39.3 Å². The van der Waals surface area contributed by atoms with Gasteiger partial charge in [0.25, 0.3) is 0 Å². The number of hydrogen-bond donors (Lipinski definition) is 0. The van der Waals surface area contributed by atoms with Crippen molar-refractivity contribution in [3.63, 3.8) is 0 Å². The molecule has 0 radical (unpaired) electrons. The van der Waals surface area contributed by atoms with Crippen molar-refractivity contribution in [1.29, 1.82) is 0 Å². The smallest absolute Gasteiger partial charge is 0.410 e. The van der Waals surface area contributed by atoms with Crippen LogP contribution in [0.5, 0.6) is 0 Å². The number of ether oxygens (including phenoxy) is 1. The molecule has 2 heterocycles. The van der Waals surface area contributed by atoms with E-state index in [1.807, 2.05) is 31.7 Å². The third kappa shape index (κ3) is 6.24. The van der Waals surface area contributed by atoms with E-state index in [9.17, 15) is 4.79 Å². The molecule has 2 rings (SSSR count). The predicted octanol–water partition coefficient (Wildman–Crippen LogP) is 3.21. The maximum Gasteiger partial charge on any atom is 0.410 e. The van der Waals surface area contributed by atoms with Gasteiger partial charge < -0.3 is 14.5 Å². The van der Waals surface area contributed by atoms with Crippen LogP contribution in [0, 0.1) is 5.92 Å². The van der Waals surface area contributed by atoms with Crippen LogP contribution >= 0.6 is 11.6 Å². The van der Waals surface area contributed by atoms with Crippen LogP contribution in [0.2, 0.25) is 5.28 Å². The minimum absolute atomic E-state index is 0.211. The molecule has 0 saturated carbocycles. The molecule has 0 spiro atoms. The molecule has 0 unspecified atom stereocenters. The van der Waals surface area contributed by atoms with E-state index < -0.39 is 5.60 Å². The van der Waals surface area contributed by atoms with Crippen LogP contribution in [0.3, 0.4) is 0 Å². The molecule has 0 aromatic carbocycles. The van der Waals surface area contributed by atoms with Gasteiger partial charge in [-0.3, -0.25) is 0 Å². The summed E-state index contributed by atoms with van der Waals surface area (Å²) in [6.45, 7) is 8.82. The zero-order valence-electron chi connectivity index (χ0n) is 15.0. The van der Waals surface area contributed by atoms with Gasteiger partial charge in [-0.25, -0.2) is 14.8 Å². The summed E-state index contributed by atoms with van der Waals surface area (Å²) in [5.74, 6) is 0.438. The van der Waals surface area contributed by atoms with Crippen molar-refractivity contribution in [3.8, 4) is 0 Å². The zero-order valence-corrected chi connectivity index (χ0v) is 15.7. The van der Waals surface area contributed by atoms with Crippen LogP contribution in [0.4, 0.5) is 4.79 Å². The van der Waals surface area contributed by atoms with E-state index in [-0.39, 0.29) is 11.4 Å². The summed E-state index contributed by atoms with van der Waals surface area (Å²) in [5.41, 5.74) is 0.449. The number of carbonyl (C=O) groups excluding carboxylic acids is 1. The Balaban J connectivity index is 1.84. The lowest BCUT2D eigenvalue weighted by Crippen LogP contribution is -2.45. The Kier molecular flexibility index (Phi) is 6.40. The molecule has 1 aliphatic rings. The Morgan fingerprint density at radius 2 is 2.25 bits per heavy atom. The molecule has 1 aliphatic heterocycles. The van der Waals surface area contributed by atoms with E-state index in [4.69, 9.17) is 16.3 Å². The summed E-state index contributed by atoms with van der Waals surface area (Å²) in [6.07, 6.45) is 3.59. The van der Waals surface area contributed by atoms with Gasteiger partial charge in [-0.15, -0.1) is 0 Å². The van der Waals surface area contributed by atoms with E-state index >= 15 is 0 Å². The van der Waals surface area contributed by atoms with Crippen LogP contribution < -0.4 is 0 Å². The minimum Gasteiger partial charge on any atom is -0.444 e. The van der Waals surface area contributed by atoms with Crippen molar-refractivity contribution in [1.82, 2.24) is 19.8 Å². The van der Waals surface area contributed by atoms with E-state index in [0.717, 1.165) is 38.2 Å². The number of carbonyl (C=O) groups is 1. The Labute approximate surface area is 149 Å². The molecule has 134 valence electrons. The highest BCUT2D eigenvalue weighted by Gasteiger charge is 2.28. The fourth-order valence-electron chi connectivity index (χ4n) is 2.95. The summed E-state index contributed by atoms with van der Waals surface area (Å²) in [4.78, 5) is 24.4. The van der Waals surface area contributed by atoms with Crippen molar-refractivity contribution in [2.45, 2.75) is 45.8 Å². The van der Waals surface area contributed by atoms with Gasteiger partial charge in [-0.2, -0.15) is 0 Å². The van der Waals surface area contributed by atoms with Gasteiger partial charge in [0.05, 0.1) is 5.69 Å². The third-order valence-corrected chi connectivity index (χ3v) is 4.04. The first-order valence-corrected chi connectivity index (χ1v) is 8.74. The largest absolute Gasteiger partial charge is 0.444 e. The quantitative estimate of drug-likeness (QED) is 0.777. The highest BCUT2D eigenvalue weighted by Crippen LogP contribution is 2.20. The van der Waals surface area contributed by atoms with Crippen LogP contribution in [-0.2, 0) is 11.3 Å². The van der Waals surface area contributed by atoms with Crippen LogP contribution in [0.25, 0.3) is 0 Å². The molecule has 0 aliphatic carbocycles. The van der Waals surface area contributed by atoms with E-state index in [2.05, 4.69) is 21.9 Å². The summed E-state index contributed by atoms with van der Waals surface area (Å²) >= 11 is 5.83. The second-order valence-electron chi connectivity index (χ2n) is 7.45. The highest BCUT2D eigenvalue weighted by atomic mass is 35.5. The number of piperidine rings is 1. The number of halogens is 1.